The molecule has 8 heteroatoms. The lowest BCUT2D eigenvalue weighted by Gasteiger charge is -2.20. The molecule has 2 aromatic heterocycles. The van der Waals surface area contributed by atoms with Gasteiger partial charge in [0.05, 0.1) is 6.33 Å². The number of aromatic nitrogens is 2. The van der Waals surface area contributed by atoms with Gasteiger partial charge in [0, 0.05) is 24.2 Å². The predicted octanol–water partition coefficient (Wildman–Crippen LogP) is 2.40. The molecule has 2 heterocycles. The summed E-state index contributed by atoms with van der Waals surface area (Å²) in [5, 5.41) is 11.4. The highest BCUT2D eigenvalue weighted by atomic mass is 32.2. The van der Waals surface area contributed by atoms with Crippen molar-refractivity contribution < 1.29 is 17.9 Å². The Morgan fingerprint density at radius 2 is 2.08 bits per heavy atom. The third kappa shape index (κ3) is 3.60. The van der Waals surface area contributed by atoms with E-state index >= 15 is 0 Å². The maximum Gasteiger partial charge on any atom is 0.259 e. The molecular formula is C17H21N3O4S. The van der Waals surface area contributed by atoms with Crippen LogP contribution in [0.2, 0.25) is 0 Å². The fourth-order valence-electron chi connectivity index (χ4n) is 2.38. The van der Waals surface area contributed by atoms with Gasteiger partial charge in [-0.25, -0.2) is 18.1 Å². The lowest BCUT2D eigenvalue weighted by Crippen LogP contribution is -2.38. The van der Waals surface area contributed by atoms with E-state index in [1.165, 1.54) is 19.4 Å². The Labute approximate surface area is 146 Å². The molecule has 0 saturated carbocycles. The van der Waals surface area contributed by atoms with E-state index in [-0.39, 0.29) is 17.6 Å². The average molecular weight is 363 g/mol. The Balaban J connectivity index is 1.78. The van der Waals surface area contributed by atoms with Crippen molar-refractivity contribution in [1.82, 2.24) is 14.3 Å². The number of para-hydroxylation sites is 1. The molecule has 0 aliphatic heterocycles. The maximum atomic E-state index is 12.4. The first-order valence-corrected chi connectivity index (χ1v) is 9.42. The number of fused-ring (bicyclic) bond motifs is 1. The van der Waals surface area contributed by atoms with Crippen molar-refractivity contribution >= 4 is 21.0 Å². The first kappa shape index (κ1) is 17.7. The Morgan fingerprint density at radius 3 is 2.72 bits per heavy atom. The second-order valence-electron chi connectivity index (χ2n) is 6.50. The van der Waals surface area contributed by atoms with Crippen molar-refractivity contribution in [3.63, 3.8) is 0 Å². The number of nitrogens with one attached hydrogen (secondary N) is 1. The standard InChI is InChI=1S/C17H21N3O4S/c1-12(2)20-9-16(18-11-20)25(22,23)19-10-17(3,21)15-8-13-6-4-5-7-14(13)24-15/h4-9,11-12,19,21H,10H2,1-3H3/t17-/m0/s1. The van der Waals surface area contributed by atoms with E-state index in [4.69, 9.17) is 4.42 Å². The van der Waals surface area contributed by atoms with E-state index in [1.807, 2.05) is 32.0 Å². The molecule has 2 N–H and O–H groups in total. The van der Waals surface area contributed by atoms with Gasteiger partial charge < -0.3 is 14.1 Å². The van der Waals surface area contributed by atoms with E-state index in [0.29, 0.717) is 11.3 Å². The highest BCUT2D eigenvalue weighted by molar-refractivity contribution is 7.89. The number of hydrogen-bond donors (Lipinski definition) is 2. The molecule has 0 radical (unpaired) electrons. The number of aliphatic hydroxyl groups is 1. The number of imidazole rings is 1. The van der Waals surface area contributed by atoms with Crippen LogP contribution in [-0.4, -0.2) is 29.6 Å². The van der Waals surface area contributed by atoms with Gasteiger partial charge in [-0.15, -0.1) is 0 Å². The third-order valence-electron chi connectivity index (χ3n) is 4.01. The topological polar surface area (TPSA) is 97.4 Å². The van der Waals surface area contributed by atoms with E-state index in [9.17, 15) is 13.5 Å². The fraction of sp³-hybridized carbons (Fsp3) is 0.353. The predicted molar refractivity (Wildman–Crippen MR) is 93.6 cm³/mol. The van der Waals surface area contributed by atoms with E-state index in [0.717, 1.165) is 5.39 Å². The third-order valence-corrected chi connectivity index (χ3v) is 5.30. The number of benzene rings is 1. The van der Waals surface area contributed by atoms with Crippen molar-refractivity contribution in [2.24, 2.45) is 0 Å². The molecular weight excluding hydrogens is 342 g/mol. The Morgan fingerprint density at radius 1 is 1.36 bits per heavy atom. The van der Waals surface area contributed by atoms with Crippen LogP contribution in [0.3, 0.4) is 0 Å². The second kappa shape index (κ2) is 6.29. The number of hydrogen-bond acceptors (Lipinski definition) is 5. The van der Waals surface area contributed by atoms with Gasteiger partial charge in [-0.1, -0.05) is 18.2 Å². The van der Waals surface area contributed by atoms with Crippen LogP contribution >= 0.6 is 0 Å². The van der Waals surface area contributed by atoms with Gasteiger partial charge in [-0.3, -0.25) is 0 Å². The summed E-state index contributed by atoms with van der Waals surface area (Å²) in [7, 11) is -3.83. The molecule has 7 nitrogen and oxygen atoms in total. The molecule has 0 saturated heterocycles. The summed E-state index contributed by atoms with van der Waals surface area (Å²) in [5.41, 5.74) is -0.858. The van der Waals surface area contributed by atoms with Crippen LogP contribution in [0.15, 0.2) is 52.3 Å². The molecule has 3 aromatic rings. The minimum atomic E-state index is -3.83. The summed E-state index contributed by atoms with van der Waals surface area (Å²) >= 11 is 0. The normalized spacial score (nSPS) is 14.9. The highest BCUT2D eigenvalue weighted by Crippen LogP contribution is 2.27. The number of furan rings is 1. The van der Waals surface area contributed by atoms with Crippen molar-refractivity contribution in [3.05, 3.63) is 48.6 Å². The van der Waals surface area contributed by atoms with Crippen LogP contribution in [0.5, 0.6) is 0 Å². The number of rotatable bonds is 6. The Kier molecular flexibility index (Phi) is 4.44. The molecule has 1 atom stereocenters. The molecule has 1 aromatic carbocycles. The Bertz CT molecular complexity index is 953. The number of sulfonamides is 1. The summed E-state index contributed by atoms with van der Waals surface area (Å²) in [6.07, 6.45) is 2.93. The molecule has 0 unspecified atom stereocenters. The van der Waals surface area contributed by atoms with Gasteiger partial charge in [0.2, 0.25) is 0 Å². The highest BCUT2D eigenvalue weighted by Gasteiger charge is 2.30. The average Bonchev–Trinajstić information content (AvgIpc) is 3.20. The van der Waals surface area contributed by atoms with Crippen LogP contribution < -0.4 is 4.72 Å². The van der Waals surface area contributed by atoms with Crippen molar-refractivity contribution in [2.75, 3.05) is 6.54 Å². The summed E-state index contributed by atoms with van der Waals surface area (Å²) in [4.78, 5) is 3.92. The minimum Gasteiger partial charge on any atom is -0.458 e. The van der Waals surface area contributed by atoms with Gasteiger partial charge >= 0.3 is 0 Å². The first-order chi connectivity index (χ1) is 11.7. The summed E-state index contributed by atoms with van der Waals surface area (Å²) in [6, 6.07) is 9.16. The van der Waals surface area contributed by atoms with Gasteiger partial charge in [0.15, 0.2) is 5.03 Å². The van der Waals surface area contributed by atoms with Gasteiger partial charge in [0.1, 0.15) is 16.9 Å². The van der Waals surface area contributed by atoms with Crippen molar-refractivity contribution in [2.45, 2.75) is 37.4 Å². The minimum absolute atomic E-state index is 0.0818. The summed E-state index contributed by atoms with van der Waals surface area (Å²) < 4.78 is 34.5. The maximum absolute atomic E-state index is 12.4. The van der Waals surface area contributed by atoms with Crippen molar-refractivity contribution in [1.29, 1.82) is 0 Å². The summed E-state index contributed by atoms with van der Waals surface area (Å²) in [6.45, 7) is 5.12. The zero-order chi connectivity index (χ0) is 18.2. The zero-order valence-electron chi connectivity index (χ0n) is 14.3. The molecule has 0 aliphatic carbocycles. The van der Waals surface area contributed by atoms with E-state index in [2.05, 4.69) is 9.71 Å². The quantitative estimate of drug-likeness (QED) is 0.701. The molecule has 0 aliphatic rings. The lowest BCUT2D eigenvalue weighted by molar-refractivity contribution is 0.0411. The van der Waals surface area contributed by atoms with Crippen LogP contribution in [-0.2, 0) is 15.6 Å². The molecule has 25 heavy (non-hydrogen) atoms. The Hall–Kier alpha value is -2.16. The SMILES string of the molecule is CC(C)n1cnc(S(=O)(=O)NC[C@](C)(O)c2cc3ccccc3o2)c1. The smallest absolute Gasteiger partial charge is 0.259 e. The zero-order valence-corrected chi connectivity index (χ0v) is 15.1. The number of nitrogens with zero attached hydrogens (tertiary/aromatic N) is 2. The van der Waals surface area contributed by atoms with Gasteiger partial charge in [-0.05, 0) is 32.9 Å². The molecule has 0 amide bonds. The molecule has 134 valence electrons. The molecule has 0 fully saturated rings. The monoisotopic (exact) mass is 363 g/mol. The van der Waals surface area contributed by atoms with Gasteiger partial charge in [-0.2, -0.15) is 0 Å². The molecule has 0 bridgehead atoms. The van der Waals surface area contributed by atoms with E-state index < -0.39 is 15.6 Å². The van der Waals surface area contributed by atoms with Crippen molar-refractivity contribution in [3.8, 4) is 0 Å². The molecule has 0 spiro atoms. The largest absolute Gasteiger partial charge is 0.458 e. The second-order valence-corrected chi connectivity index (χ2v) is 8.21. The molecule has 3 rings (SSSR count). The van der Waals surface area contributed by atoms with Gasteiger partial charge in [0.25, 0.3) is 10.0 Å². The van der Waals surface area contributed by atoms with Crippen LogP contribution in [0.25, 0.3) is 11.0 Å². The lowest BCUT2D eigenvalue weighted by atomic mass is 10.0. The summed E-state index contributed by atoms with van der Waals surface area (Å²) in [5.74, 6) is 0.295. The van der Waals surface area contributed by atoms with Crippen LogP contribution in [0.4, 0.5) is 0 Å². The van der Waals surface area contributed by atoms with Crippen LogP contribution in [0.1, 0.15) is 32.6 Å². The fourth-order valence-corrected chi connectivity index (χ4v) is 3.45. The van der Waals surface area contributed by atoms with E-state index in [1.54, 1.807) is 16.7 Å². The van der Waals surface area contributed by atoms with Crippen LogP contribution in [0, 0.1) is 0 Å². The first-order valence-electron chi connectivity index (χ1n) is 7.94.